The number of carbonyl (C=O) groups excluding carboxylic acids is 1. The third kappa shape index (κ3) is 2.12. The van der Waals surface area contributed by atoms with Crippen LogP contribution in [0.1, 0.15) is 46.0 Å². The summed E-state index contributed by atoms with van der Waals surface area (Å²) in [4.78, 5) is 10.4. The van der Waals surface area contributed by atoms with Crippen molar-refractivity contribution in [2.24, 2.45) is 23.2 Å². The first-order chi connectivity index (χ1) is 8.09. The Morgan fingerprint density at radius 2 is 2.24 bits per heavy atom. The summed E-state index contributed by atoms with van der Waals surface area (Å²) in [6.45, 7) is 8.99. The van der Waals surface area contributed by atoms with Crippen LogP contribution in [0.2, 0.25) is 0 Å². The van der Waals surface area contributed by atoms with Gasteiger partial charge in [-0.25, -0.2) is 0 Å². The smallest absolute Gasteiger partial charge is 0.142 e. The van der Waals surface area contributed by atoms with Gasteiger partial charge in [0.2, 0.25) is 0 Å². The molecule has 2 fully saturated rings. The Bertz CT molecular complexity index is 341. The van der Waals surface area contributed by atoms with Crippen molar-refractivity contribution < 1.29 is 4.79 Å². The quantitative estimate of drug-likeness (QED) is 0.406. The summed E-state index contributed by atoms with van der Waals surface area (Å²) in [5.74, 6) is 1.97. The minimum absolute atomic E-state index is 0.433. The van der Waals surface area contributed by atoms with Crippen molar-refractivity contribution in [1.29, 1.82) is 0 Å². The van der Waals surface area contributed by atoms with E-state index in [1.165, 1.54) is 37.7 Å². The van der Waals surface area contributed by atoms with Crippen LogP contribution in [0, 0.1) is 23.2 Å². The van der Waals surface area contributed by atoms with Crippen molar-refractivity contribution in [2.75, 3.05) is 0 Å². The van der Waals surface area contributed by atoms with Gasteiger partial charge in [0.25, 0.3) is 0 Å². The zero-order chi connectivity index (χ0) is 12.5. The average molecular weight is 232 g/mol. The number of hydrogen-bond acceptors (Lipinski definition) is 1. The van der Waals surface area contributed by atoms with Crippen LogP contribution in [0.4, 0.5) is 0 Å². The van der Waals surface area contributed by atoms with Gasteiger partial charge in [0.1, 0.15) is 6.29 Å². The largest absolute Gasteiger partial charge is 0.299 e. The zero-order valence-electron chi connectivity index (χ0n) is 11.1. The third-order valence-corrected chi connectivity index (χ3v) is 5.24. The Morgan fingerprint density at radius 3 is 2.94 bits per heavy atom. The molecule has 0 radical (unpaired) electrons. The van der Waals surface area contributed by atoms with Gasteiger partial charge in [-0.1, -0.05) is 32.1 Å². The van der Waals surface area contributed by atoms with Gasteiger partial charge in [-0.3, -0.25) is 4.79 Å². The molecule has 0 saturated heterocycles. The van der Waals surface area contributed by atoms with E-state index in [2.05, 4.69) is 26.5 Å². The van der Waals surface area contributed by atoms with E-state index in [1.807, 2.05) is 0 Å². The summed E-state index contributed by atoms with van der Waals surface area (Å²) in [5, 5.41) is 0. The zero-order valence-corrected chi connectivity index (χ0v) is 11.1. The molecular weight excluding hydrogens is 208 g/mol. The molecule has 0 heterocycles. The minimum Gasteiger partial charge on any atom is -0.299 e. The van der Waals surface area contributed by atoms with Gasteiger partial charge in [-0.15, -0.1) is 0 Å². The van der Waals surface area contributed by atoms with E-state index in [1.54, 1.807) is 6.08 Å². The van der Waals surface area contributed by atoms with Crippen molar-refractivity contribution in [3.8, 4) is 0 Å². The van der Waals surface area contributed by atoms with E-state index in [0.717, 1.165) is 18.1 Å². The van der Waals surface area contributed by atoms with Crippen molar-refractivity contribution in [2.45, 2.75) is 46.0 Å². The van der Waals surface area contributed by atoms with Crippen molar-refractivity contribution >= 4 is 6.29 Å². The molecule has 2 aliphatic rings. The van der Waals surface area contributed by atoms with Crippen LogP contribution in [0.5, 0.6) is 0 Å². The van der Waals surface area contributed by atoms with E-state index in [9.17, 15) is 4.79 Å². The maximum Gasteiger partial charge on any atom is 0.142 e. The van der Waals surface area contributed by atoms with Crippen LogP contribution >= 0.6 is 0 Å². The Labute approximate surface area is 105 Å². The molecule has 0 N–H and O–H groups in total. The second-order valence-electron chi connectivity index (χ2n) is 6.13. The topological polar surface area (TPSA) is 17.1 Å². The maximum absolute atomic E-state index is 10.4. The van der Waals surface area contributed by atoms with Crippen LogP contribution in [0.3, 0.4) is 0 Å². The lowest BCUT2D eigenvalue weighted by atomic mass is 9.61. The summed E-state index contributed by atoms with van der Waals surface area (Å²) in [6, 6.07) is 0. The molecule has 17 heavy (non-hydrogen) atoms. The highest BCUT2D eigenvalue weighted by molar-refractivity contribution is 5.64. The molecule has 0 aliphatic heterocycles. The lowest BCUT2D eigenvalue weighted by Gasteiger charge is -2.43. The fourth-order valence-electron chi connectivity index (χ4n) is 4.38. The number of rotatable bonds is 3. The summed E-state index contributed by atoms with van der Waals surface area (Å²) in [5.41, 5.74) is 1.91. The van der Waals surface area contributed by atoms with Gasteiger partial charge in [-0.05, 0) is 61.3 Å². The molecule has 1 heteroatoms. The highest BCUT2D eigenvalue weighted by Gasteiger charge is 2.49. The molecule has 0 amide bonds. The Morgan fingerprint density at radius 1 is 1.47 bits per heavy atom. The maximum atomic E-state index is 10.4. The Hall–Kier alpha value is -0.850. The number of carbonyl (C=O) groups is 1. The van der Waals surface area contributed by atoms with Gasteiger partial charge < -0.3 is 0 Å². The molecular formula is C16H24O. The van der Waals surface area contributed by atoms with Gasteiger partial charge >= 0.3 is 0 Å². The van der Waals surface area contributed by atoms with Crippen LogP contribution in [0.15, 0.2) is 24.3 Å². The van der Waals surface area contributed by atoms with Gasteiger partial charge in [0.15, 0.2) is 0 Å². The number of fused-ring (bicyclic) bond motifs is 1. The van der Waals surface area contributed by atoms with Crippen LogP contribution < -0.4 is 0 Å². The van der Waals surface area contributed by atoms with E-state index in [4.69, 9.17) is 0 Å². The van der Waals surface area contributed by atoms with Gasteiger partial charge in [-0.2, -0.15) is 0 Å². The van der Waals surface area contributed by atoms with Crippen molar-refractivity contribution in [3.05, 3.63) is 24.3 Å². The highest BCUT2D eigenvalue weighted by atomic mass is 16.1. The minimum atomic E-state index is 0.433. The monoisotopic (exact) mass is 232 g/mol. The first-order valence-electron chi connectivity index (χ1n) is 6.89. The lowest BCUT2D eigenvalue weighted by Crippen LogP contribution is -2.35. The highest BCUT2D eigenvalue weighted by Crippen LogP contribution is 2.59. The molecule has 0 spiro atoms. The predicted octanol–water partition coefficient (Wildman–Crippen LogP) is 4.15. The molecule has 2 saturated carbocycles. The summed E-state index contributed by atoms with van der Waals surface area (Å²) < 4.78 is 0. The second kappa shape index (κ2) is 4.80. The summed E-state index contributed by atoms with van der Waals surface area (Å²) >= 11 is 0. The molecule has 94 valence electrons. The first kappa shape index (κ1) is 12.6. The molecule has 2 aliphatic carbocycles. The van der Waals surface area contributed by atoms with E-state index in [0.29, 0.717) is 11.3 Å². The van der Waals surface area contributed by atoms with Crippen molar-refractivity contribution in [1.82, 2.24) is 0 Å². The normalized spacial score (nSPS) is 39.3. The van der Waals surface area contributed by atoms with Crippen LogP contribution in [-0.4, -0.2) is 6.29 Å². The predicted molar refractivity (Wildman–Crippen MR) is 71.7 cm³/mol. The van der Waals surface area contributed by atoms with Crippen LogP contribution in [0.25, 0.3) is 0 Å². The summed E-state index contributed by atoms with van der Waals surface area (Å²) in [6.07, 6.45) is 11.1. The Kier molecular flexibility index (Phi) is 3.56. The van der Waals surface area contributed by atoms with E-state index < -0.39 is 0 Å². The SMILES string of the molecule is C=C1CCC[C@]2(C)[C@@H]([C@@H](C)/C=C/C=O)CC[C@@H]12. The van der Waals surface area contributed by atoms with Crippen LogP contribution in [-0.2, 0) is 4.79 Å². The number of hydrogen-bond donors (Lipinski definition) is 0. The van der Waals surface area contributed by atoms with E-state index >= 15 is 0 Å². The number of aldehydes is 1. The molecule has 0 aromatic carbocycles. The van der Waals surface area contributed by atoms with Gasteiger partial charge in [0, 0.05) is 0 Å². The molecule has 0 aromatic rings. The van der Waals surface area contributed by atoms with E-state index in [-0.39, 0.29) is 0 Å². The third-order valence-electron chi connectivity index (χ3n) is 5.24. The number of allylic oxidation sites excluding steroid dienone is 3. The molecule has 0 bridgehead atoms. The van der Waals surface area contributed by atoms with Gasteiger partial charge in [0.05, 0.1) is 0 Å². The molecule has 2 rings (SSSR count). The molecule has 4 atom stereocenters. The second-order valence-corrected chi connectivity index (χ2v) is 6.13. The molecule has 0 aromatic heterocycles. The molecule has 0 unspecified atom stereocenters. The lowest BCUT2D eigenvalue weighted by molar-refractivity contribution is -0.104. The first-order valence-corrected chi connectivity index (χ1v) is 6.89. The average Bonchev–Trinajstić information content (AvgIpc) is 2.64. The van der Waals surface area contributed by atoms with Crippen molar-refractivity contribution in [3.63, 3.8) is 0 Å². The Balaban J connectivity index is 2.17. The fourth-order valence-corrected chi connectivity index (χ4v) is 4.38. The summed E-state index contributed by atoms with van der Waals surface area (Å²) in [7, 11) is 0. The fraction of sp³-hybridized carbons (Fsp3) is 0.688. The standard InChI is InChI=1S/C16H24O/c1-12-6-4-10-16(3)14(12)8-9-15(16)13(2)7-5-11-17/h5,7,11,13-15H,1,4,6,8-10H2,2-3H3/b7-5+/t13-,14-,15+,16-/m0/s1. The molecule has 1 nitrogen and oxygen atoms in total.